The van der Waals surface area contributed by atoms with Crippen LogP contribution in [0, 0.1) is 0 Å². The Kier molecular flexibility index (Phi) is 6.40. The van der Waals surface area contributed by atoms with Crippen LogP contribution in [0.25, 0.3) is 6.08 Å². The molecule has 146 valence electrons. The van der Waals surface area contributed by atoms with E-state index in [0.29, 0.717) is 14.9 Å². The Morgan fingerprint density at radius 3 is 2.34 bits per heavy atom. The van der Waals surface area contributed by atoms with Crippen LogP contribution in [0.5, 0.6) is 0 Å². The Morgan fingerprint density at radius 1 is 1.00 bits per heavy atom. The van der Waals surface area contributed by atoms with Crippen LogP contribution >= 0.6 is 46.5 Å². The monoisotopic (exact) mass is 458 g/mol. The van der Waals surface area contributed by atoms with Gasteiger partial charge >= 0.3 is 0 Å². The number of amides is 2. The van der Waals surface area contributed by atoms with E-state index in [9.17, 15) is 9.59 Å². The van der Waals surface area contributed by atoms with Crippen molar-refractivity contribution in [2.45, 2.75) is 16.6 Å². The summed E-state index contributed by atoms with van der Waals surface area (Å²) in [4.78, 5) is 31.7. The number of aromatic nitrogens is 1. The van der Waals surface area contributed by atoms with E-state index in [4.69, 9.17) is 11.6 Å². The van der Waals surface area contributed by atoms with Crippen molar-refractivity contribution in [3.05, 3.63) is 86.7 Å². The fourth-order valence-corrected chi connectivity index (χ4v) is 5.89. The van der Waals surface area contributed by atoms with Gasteiger partial charge in [0, 0.05) is 5.75 Å². The molecule has 1 aliphatic heterocycles. The van der Waals surface area contributed by atoms with E-state index in [1.807, 2.05) is 48.5 Å². The first-order valence-electron chi connectivity index (χ1n) is 8.72. The molecule has 0 saturated carbocycles. The molecule has 0 spiro atoms. The lowest BCUT2D eigenvalue weighted by Gasteiger charge is -2.11. The number of imide groups is 1. The van der Waals surface area contributed by atoms with Gasteiger partial charge in [-0.1, -0.05) is 84.0 Å². The molecule has 8 heteroatoms. The van der Waals surface area contributed by atoms with Crippen LogP contribution in [0.1, 0.15) is 16.0 Å². The Bertz CT molecular complexity index is 1070. The third-order valence-electron chi connectivity index (χ3n) is 4.11. The van der Waals surface area contributed by atoms with E-state index in [1.54, 1.807) is 17.8 Å². The quantitative estimate of drug-likeness (QED) is 0.319. The van der Waals surface area contributed by atoms with Crippen LogP contribution in [-0.2, 0) is 17.1 Å². The third kappa shape index (κ3) is 4.93. The van der Waals surface area contributed by atoms with Crippen molar-refractivity contribution in [2.75, 3.05) is 0 Å². The average molecular weight is 459 g/mol. The van der Waals surface area contributed by atoms with Crippen molar-refractivity contribution in [2.24, 2.45) is 0 Å². The first kappa shape index (κ1) is 20.2. The van der Waals surface area contributed by atoms with E-state index >= 15 is 0 Å². The van der Waals surface area contributed by atoms with Gasteiger partial charge in [-0.3, -0.25) is 14.5 Å². The number of thioether (sulfide) groups is 2. The lowest BCUT2D eigenvalue weighted by Crippen LogP contribution is -2.27. The standard InChI is InChI=1S/C21H15ClN2O2S3/c22-18-16(28-20(23-18)27-13-15-9-5-2-6-10-15)11-17-19(25)24(21(26)29-17)12-14-7-3-1-4-8-14/h1-11H,12-13H2/b17-11+. The fraction of sp³-hybridized carbons (Fsp3) is 0.0952. The predicted octanol–water partition coefficient (Wildman–Crippen LogP) is 6.33. The molecule has 2 aromatic carbocycles. The van der Waals surface area contributed by atoms with Crippen LogP contribution in [0.3, 0.4) is 0 Å². The molecular formula is C21H15ClN2O2S3. The van der Waals surface area contributed by atoms with Crippen molar-refractivity contribution < 1.29 is 9.59 Å². The molecule has 4 rings (SSSR count). The van der Waals surface area contributed by atoms with Crippen molar-refractivity contribution in [3.8, 4) is 0 Å². The van der Waals surface area contributed by atoms with E-state index in [0.717, 1.165) is 27.4 Å². The minimum Gasteiger partial charge on any atom is -0.268 e. The molecule has 0 N–H and O–H groups in total. The molecule has 0 bridgehead atoms. The van der Waals surface area contributed by atoms with Crippen molar-refractivity contribution in [3.63, 3.8) is 0 Å². The molecule has 29 heavy (non-hydrogen) atoms. The largest absolute Gasteiger partial charge is 0.293 e. The minimum absolute atomic E-state index is 0.261. The molecule has 1 aromatic heterocycles. The molecule has 1 saturated heterocycles. The van der Waals surface area contributed by atoms with Gasteiger partial charge in [0.1, 0.15) is 5.15 Å². The van der Waals surface area contributed by atoms with Crippen LogP contribution < -0.4 is 0 Å². The fourth-order valence-electron chi connectivity index (χ4n) is 2.69. The lowest BCUT2D eigenvalue weighted by molar-refractivity contribution is -0.123. The molecular weight excluding hydrogens is 444 g/mol. The number of rotatable bonds is 6. The summed E-state index contributed by atoms with van der Waals surface area (Å²) in [7, 11) is 0. The second-order valence-electron chi connectivity index (χ2n) is 6.16. The number of hydrogen-bond donors (Lipinski definition) is 0. The summed E-state index contributed by atoms with van der Waals surface area (Å²) in [6, 6.07) is 19.6. The van der Waals surface area contributed by atoms with Gasteiger partial charge in [-0.05, 0) is 29.0 Å². The summed E-state index contributed by atoms with van der Waals surface area (Å²) in [5, 5.41) is 0.0739. The van der Waals surface area contributed by atoms with Crippen LogP contribution in [-0.4, -0.2) is 21.0 Å². The van der Waals surface area contributed by atoms with E-state index < -0.39 is 0 Å². The molecule has 0 unspecified atom stereocenters. The number of hydrogen-bond acceptors (Lipinski definition) is 6. The van der Waals surface area contributed by atoms with Crippen LogP contribution in [0.2, 0.25) is 5.15 Å². The van der Waals surface area contributed by atoms with Gasteiger partial charge in [-0.15, -0.1) is 11.3 Å². The molecule has 2 amide bonds. The van der Waals surface area contributed by atoms with Gasteiger partial charge in [-0.25, -0.2) is 4.98 Å². The Hall–Kier alpha value is -2.06. The average Bonchev–Trinajstić information content (AvgIpc) is 3.22. The summed E-state index contributed by atoms with van der Waals surface area (Å²) >= 11 is 10.2. The summed E-state index contributed by atoms with van der Waals surface area (Å²) in [6.07, 6.45) is 1.67. The van der Waals surface area contributed by atoms with E-state index in [2.05, 4.69) is 17.1 Å². The smallest absolute Gasteiger partial charge is 0.268 e. The number of carbonyl (C=O) groups excluding carboxylic acids is 2. The first-order valence-corrected chi connectivity index (χ1v) is 11.7. The number of thiazole rings is 1. The molecule has 0 aliphatic carbocycles. The Balaban J connectivity index is 1.47. The van der Waals surface area contributed by atoms with E-state index in [1.165, 1.54) is 21.8 Å². The number of nitrogens with zero attached hydrogens (tertiary/aromatic N) is 2. The molecule has 4 nitrogen and oxygen atoms in total. The zero-order valence-corrected chi connectivity index (χ0v) is 18.3. The number of halogens is 1. The predicted molar refractivity (Wildman–Crippen MR) is 121 cm³/mol. The van der Waals surface area contributed by atoms with Crippen LogP contribution in [0.15, 0.2) is 69.9 Å². The lowest BCUT2D eigenvalue weighted by atomic mass is 10.2. The maximum absolute atomic E-state index is 12.7. The van der Waals surface area contributed by atoms with Crippen molar-refractivity contribution in [1.82, 2.24) is 9.88 Å². The van der Waals surface area contributed by atoms with Gasteiger partial charge in [0.05, 0.1) is 16.3 Å². The first-order chi connectivity index (χ1) is 14.1. The topological polar surface area (TPSA) is 50.3 Å². The molecule has 1 aliphatic rings. The summed E-state index contributed by atoms with van der Waals surface area (Å²) in [5.74, 6) is 0.490. The zero-order valence-electron chi connectivity index (χ0n) is 15.1. The normalized spacial score (nSPS) is 15.5. The maximum Gasteiger partial charge on any atom is 0.293 e. The summed E-state index contributed by atoms with van der Waals surface area (Å²) < 4.78 is 0.827. The van der Waals surface area contributed by atoms with Crippen molar-refractivity contribution in [1.29, 1.82) is 0 Å². The van der Waals surface area contributed by atoms with E-state index in [-0.39, 0.29) is 17.7 Å². The van der Waals surface area contributed by atoms with Gasteiger partial charge < -0.3 is 0 Å². The summed E-state index contributed by atoms with van der Waals surface area (Å²) in [6.45, 7) is 0.261. The molecule has 1 fully saturated rings. The Labute approximate surface area is 186 Å². The molecule has 0 radical (unpaired) electrons. The highest BCUT2D eigenvalue weighted by molar-refractivity contribution is 8.18. The van der Waals surface area contributed by atoms with Gasteiger partial charge in [0.2, 0.25) is 0 Å². The summed E-state index contributed by atoms with van der Waals surface area (Å²) in [5.41, 5.74) is 2.11. The highest BCUT2D eigenvalue weighted by Crippen LogP contribution is 2.38. The second kappa shape index (κ2) is 9.17. The Morgan fingerprint density at radius 2 is 1.66 bits per heavy atom. The number of carbonyl (C=O) groups is 2. The maximum atomic E-state index is 12.7. The second-order valence-corrected chi connectivity index (χ2v) is 9.77. The molecule has 2 heterocycles. The molecule has 3 aromatic rings. The van der Waals surface area contributed by atoms with Crippen molar-refractivity contribution >= 4 is 63.7 Å². The SMILES string of the molecule is O=C1S/C(=C/c2sc(SCc3ccccc3)nc2Cl)C(=O)N1Cc1ccccc1. The highest BCUT2D eigenvalue weighted by atomic mass is 35.5. The highest BCUT2D eigenvalue weighted by Gasteiger charge is 2.35. The number of benzene rings is 2. The third-order valence-corrected chi connectivity index (χ3v) is 7.64. The van der Waals surface area contributed by atoms with Gasteiger partial charge in [0.15, 0.2) is 4.34 Å². The molecule has 0 atom stereocenters. The minimum atomic E-state index is -0.299. The van der Waals surface area contributed by atoms with Gasteiger partial charge in [0.25, 0.3) is 11.1 Å². The van der Waals surface area contributed by atoms with Gasteiger partial charge in [-0.2, -0.15) is 0 Å². The zero-order chi connectivity index (χ0) is 20.2. The van der Waals surface area contributed by atoms with Crippen LogP contribution in [0.4, 0.5) is 4.79 Å².